The van der Waals surface area contributed by atoms with Crippen LogP contribution in [0, 0.1) is 5.92 Å². The van der Waals surface area contributed by atoms with Crippen LogP contribution in [0.1, 0.15) is 26.7 Å². The van der Waals surface area contributed by atoms with Crippen LogP contribution in [0.2, 0.25) is 0 Å². The summed E-state index contributed by atoms with van der Waals surface area (Å²) in [5.41, 5.74) is 0. The number of nitrogens with one attached hydrogen (secondary N) is 2. The minimum Gasteiger partial charge on any atom is -0.355 e. The molecule has 1 heterocycles. The highest BCUT2D eigenvalue weighted by Gasteiger charge is 2.22. The van der Waals surface area contributed by atoms with Crippen molar-refractivity contribution in [1.29, 1.82) is 0 Å². The van der Waals surface area contributed by atoms with Crippen molar-refractivity contribution >= 4 is 15.7 Å². The van der Waals surface area contributed by atoms with Crippen LogP contribution in [0.3, 0.4) is 0 Å². The van der Waals surface area contributed by atoms with Crippen molar-refractivity contribution < 1.29 is 13.2 Å². The van der Waals surface area contributed by atoms with Gasteiger partial charge in [-0.1, -0.05) is 13.8 Å². The molecule has 6 heteroatoms. The first-order valence-electron chi connectivity index (χ1n) is 6.12. The van der Waals surface area contributed by atoms with Crippen LogP contribution in [-0.2, 0) is 14.6 Å². The summed E-state index contributed by atoms with van der Waals surface area (Å²) in [5, 5.41) is 6.09. The van der Waals surface area contributed by atoms with Gasteiger partial charge in [0.05, 0.1) is 11.5 Å². The Labute approximate surface area is 103 Å². The van der Waals surface area contributed by atoms with Gasteiger partial charge in [-0.3, -0.25) is 4.79 Å². The van der Waals surface area contributed by atoms with Gasteiger partial charge in [-0.05, 0) is 12.8 Å². The van der Waals surface area contributed by atoms with Crippen molar-refractivity contribution in [3.63, 3.8) is 0 Å². The fourth-order valence-corrected chi connectivity index (χ4v) is 3.25. The predicted octanol–water partition coefficient (Wildman–Crippen LogP) is -0.0746. The lowest BCUT2D eigenvalue weighted by atomic mass is 10.1. The van der Waals surface area contributed by atoms with Gasteiger partial charge in [0.2, 0.25) is 5.91 Å². The molecule has 0 atom stereocenters. The zero-order valence-corrected chi connectivity index (χ0v) is 11.3. The van der Waals surface area contributed by atoms with Gasteiger partial charge < -0.3 is 10.6 Å². The summed E-state index contributed by atoms with van der Waals surface area (Å²) in [4.78, 5) is 11.3. The third kappa shape index (κ3) is 5.50. The number of rotatable bonds is 5. The summed E-state index contributed by atoms with van der Waals surface area (Å²) in [6.07, 6.45) is 1.36. The third-order valence-corrected chi connectivity index (χ3v) is 4.65. The molecule has 0 aromatic heterocycles. The minimum absolute atomic E-state index is 0.00910. The molecule has 1 aliphatic rings. The SMILES string of the molecule is CC(C)C(=O)NCCNC1CCS(=O)(=O)CC1. The third-order valence-electron chi connectivity index (χ3n) is 2.94. The molecule has 1 aliphatic heterocycles. The van der Waals surface area contributed by atoms with Crippen LogP contribution < -0.4 is 10.6 Å². The normalized spacial score (nSPS) is 20.4. The quantitative estimate of drug-likeness (QED) is 0.680. The first-order valence-corrected chi connectivity index (χ1v) is 7.94. The number of amides is 1. The van der Waals surface area contributed by atoms with Gasteiger partial charge in [-0.2, -0.15) is 0 Å². The fraction of sp³-hybridized carbons (Fsp3) is 0.909. The summed E-state index contributed by atoms with van der Waals surface area (Å²) in [5.74, 6) is 0.624. The molecule has 1 rings (SSSR count). The molecule has 17 heavy (non-hydrogen) atoms. The van der Waals surface area contributed by atoms with Gasteiger partial charge in [0, 0.05) is 25.0 Å². The second-order valence-corrected chi connectivity index (χ2v) is 7.13. The zero-order valence-electron chi connectivity index (χ0n) is 10.5. The topological polar surface area (TPSA) is 75.3 Å². The van der Waals surface area contributed by atoms with E-state index in [1.807, 2.05) is 13.8 Å². The van der Waals surface area contributed by atoms with Crippen LogP contribution in [0.15, 0.2) is 0 Å². The zero-order chi connectivity index (χ0) is 12.9. The van der Waals surface area contributed by atoms with Gasteiger partial charge >= 0.3 is 0 Å². The number of carbonyl (C=O) groups is 1. The number of carbonyl (C=O) groups excluding carboxylic acids is 1. The molecule has 2 N–H and O–H groups in total. The van der Waals surface area contributed by atoms with Crippen molar-refractivity contribution in [2.24, 2.45) is 5.92 Å². The Balaban J connectivity index is 2.10. The second kappa shape index (κ2) is 6.35. The summed E-state index contributed by atoms with van der Waals surface area (Å²) in [7, 11) is -2.78. The molecule has 0 aromatic carbocycles. The standard InChI is InChI=1S/C11H22N2O3S/c1-9(2)11(14)13-6-5-12-10-3-7-17(15,16)8-4-10/h9-10,12H,3-8H2,1-2H3,(H,13,14). The van der Waals surface area contributed by atoms with Gasteiger partial charge in [0.1, 0.15) is 9.84 Å². The van der Waals surface area contributed by atoms with E-state index >= 15 is 0 Å². The lowest BCUT2D eigenvalue weighted by molar-refractivity contribution is -0.123. The predicted molar refractivity (Wildman–Crippen MR) is 67.5 cm³/mol. The van der Waals surface area contributed by atoms with Crippen molar-refractivity contribution in [2.75, 3.05) is 24.6 Å². The highest BCUT2D eigenvalue weighted by Crippen LogP contribution is 2.11. The highest BCUT2D eigenvalue weighted by molar-refractivity contribution is 7.91. The molecule has 1 amide bonds. The Kier molecular flexibility index (Phi) is 5.39. The summed E-state index contributed by atoms with van der Waals surface area (Å²) < 4.78 is 22.4. The molecule has 0 spiro atoms. The molecular formula is C11H22N2O3S. The van der Waals surface area contributed by atoms with Crippen LogP contribution in [-0.4, -0.2) is 45.0 Å². The average molecular weight is 262 g/mol. The summed E-state index contributed by atoms with van der Waals surface area (Å²) in [6.45, 7) is 5.01. The van der Waals surface area contributed by atoms with E-state index < -0.39 is 9.84 Å². The lowest BCUT2D eigenvalue weighted by Gasteiger charge is -2.23. The van der Waals surface area contributed by atoms with E-state index in [1.54, 1.807) is 0 Å². The maximum Gasteiger partial charge on any atom is 0.222 e. The van der Waals surface area contributed by atoms with Crippen molar-refractivity contribution in [1.82, 2.24) is 10.6 Å². The first-order chi connectivity index (χ1) is 7.91. The monoisotopic (exact) mass is 262 g/mol. The van der Waals surface area contributed by atoms with Crippen LogP contribution in [0.4, 0.5) is 0 Å². The molecule has 0 saturated carbocycles. The van der Waals surface area contributed by atoms with E-state index in [0.29, 0.717) is 25.9 Å². The maximum atomic E-state index is 11.3. The molecule has 1 saturated heterocycles. The van der Waals surface area contributed by atoms with Gasteiger partial charge in [-0.15, -0.1) is 0 Å². The van der Waals surface area contributed by atoms with E-state index in [0.717, 1.165) is 0 Å². The molecule has 100 valence electrons. The van der Waals surface area contributed by atoms with Crippen LogP contribution in [0.25, 0.3) is 0 Å². The van der Waals surface area contributed by atoms with E-state index in [1.165, 1.54) is 0 Å². The Morgan fingerprint density at radius 2 is 1.82 bits per heavy atom. The molecule has 0 radical (unpaired) electrons. The summed E-state index contributed by atoms with van der Waals surface area (Å²) in [6, 6.07) is 0.273. The van der Waals surface area contributed by atoms with Crippen LogP contribution in [0.5, 0.6) is 0 Å². The van der Waals surface area contributed by atoms with Crippen molar-refractivity contribution in [3.8, 4) is 0 Å². The fourth-order valence-electron chi connectivity index (χ4n) is 1.76. The van der Waals surface area contributed by atoms with Gasteiger partial charge in [0.15, 0.2) is 0 Å². The Morgan fingerprint density at radius 3 is 2.35 bits per heavy atom. The van der Waals surface area contributed by atoms with E-state index in [9.17, 15) is 13.2 Å². The van der Waals surface area contributed by atoms with Gasteiger partial charge in [-0.25, -0.2) is 8.42 Å². The lowest BCUT2D eigenvalue weighted by Crippen LogP contribution is -2.41. The molecule has 0 aromatic rings. The Hall–Kier alpha value is -0.620. The molecule has 1 fully saturated rings. The number of sulfone groups is 1. The molecular weight excluding hydrogens is 240 g/mol. The van der Waals surface area contributed by atoms with Crippen molar-refractivity contribution in [2.45, 2.75) is 32.7 Å². The molecule has 0 unspecified atom stereocenters. The molecule has 0 bridgehead atoms. The van der Waals surface area contributed by atoms with Crippen molar-refractivity contribution in [3.05, 3.63) is 0 Å². The smallest absolute Gasteiger partial charge is 0.222 e. The second-order valence-electron chi connectivity index (χ2n) is 4.83. The molecule has 0 aliphatic carbocycles. The largest absolute Gasteiger partial charge is 0.355 e. The van der Waals surface area contributed by atoms with E-state index in [2.05, 4.69) is 10.6 Å². The summed E-state index contributed by atoms with van der Waals surface area (Å²) >= 11 is 0. The number of hydrogen-bond donors (Lipinski definition) is 2. The van der Waals surface area contributed by atoms with E-state index in [4.69, 9.17) is 0 Å². The van der Waals surface area contributed by atoms with Gasteiger partial charge in [0.25, 0.3) is 0 Å². The van der Waals surface area contributed by atoms with Crippen LogP contribution >= 0.6 is 0 Å². The first kappa shape index (κ1) is 14.4. The highest BCUT2D eigenvalue weighted by atomic mass is 32.2. The maximum absolute atomic E-state index is 11.3. The average Bonchev–Trinajstić information content (AvgIpc) is 2.25. The minimum atomic E-state index is -2.78. The van der Waals surface area contributed by atoms with E-state index in [-0.39, 0.29) is 29.4 Å². The Bertz CT molecular complexity index is 338. The number of hydrogen-bond acceptors (Lipinski definition) is 4. The Morgan fingerprint density at radius 1 is 1.24 bits per heavy atom. The molecule has 5 nitrogen and oxygen atoms in total.